The first-order valence-electron chi connectivity index (χ1n) is 6.78. The summed E-state index contributed by atoms with van der Waals surface area (Å²) in [5.74, 6) is 0.103. The zero-order valence-electron chi connectivity index (χ0n) is 12.2. The van der Waals surface area contributed by atoms with E-state index in [9.17, 15) is 9.18 Å². The van der Waals surface area contributed by atoms with Gasteiger partial charge in [0.25, 0.3) is 0 Å². The van der Waals surface area contributed by atoms with E-state index in [1.54, 1.807) is 12.1 Å². The quantitative estimate of drug-likeness (QED) is 0.799. The van der Waals surface area contributed by atoms with Crippen LogP contribution in [-0.4, -0.2) is 0 Å². The Balaban J connectivity index is 2.65. The minimum atomic E-state index is -0.340. The number of benzene rings is 1. The molecule has 1 aromatic carbocycles. The molecular weight excluding hydrogens is 267 g/mol. The van der Waals surface area contributed by atoms with Crippen molar-refractivity contribution in [2.45, 2.75) is 20.3 Å². The summed E-state index contributed by atoms with van der Waals surface area (Å²) in [6.07, 6.45) is 5.57. The van der Waals surface area contributed by atoms with Crippen LogP contribution >= 0.6 is 0 Å². The minimum Gasteiger partial charge on any atom is -0.463 e. The second kappa shape index (κ2) is 6.35. The van der Waals surface area contributed by atoms with E-state index in [4.69, 9.17) is 4.42 Å². The summed E-state index contributed by atoms with van der Waals surface area (Å²) in [4.78, 5) is 12.6. The molecule has 0 saturated heterocycles. The van der Waals surface area contributed by atoms with Crippen molar-refractivity contribution in [3.05, 3.63) is 70.0 Å². The van der Waals surface area contributed by atoms with Gasteiger partial charge in [-0.05, 0) is 43.2 Å². The summed E-state index contributed by atoms with van der Waals surface area (Å²) in [5, 5.41) is 0. The van der Waals surface area contributed by atoms with Crippen LogP contribution in [0.2, 0.25) is 0 Å². The van der Waals surface area contributed by atoms with E-state index >= 15 is 0 Å². The lowest BCUT2D eigenvalue weighted by Gasteiger charge is -2.06. The molecule has 1 heterocycles. The summed E-state index contributed by atoms with van der Waals surface area (Å²) >= 11 is 0. The van der Waals surface area contributed by atoms with Gasteiger partial charge in [-0.25, -0.2) is 4.39 Å². The Kier molecular flexibility index (Phi) is 4.53. The molecule has 2 rings (SSSR count). The van der Waals surface area contributed by atoms with Gasteiger partial charge in [-0.3, -0.25) is 4.79 Å². The van der Waals surface area contributed by atoms with Gasteiger partial charge in [-0.15, -0.1) is 0 Å². The lowest BCUT2D eigenvalue weighted by molar-refractivity contribution is 0.538. The fourth-order valence-corrected chi connectivity index (χ4v) is 1.97. The van der Waals surface area contributed by atoms with Crippen molar-refractivity contribution in [1.82, 2.24) is 0 Å². The largest absolute Gasteiger partial charge is 0.463 e. The first-order valence-corrected chi connectivity index (χ1v) is 6.78. The zero-order valence-corrected chi connectivity index (χ0v) is 12.2. The normalized spacial score (nSPS) is 11.5. The Morgan fingerprint density at radius 3 is 2.57 bits per heavy atom. The molecule has 0 unspecified atom stereocenters. The van der Waals surface area contributed by atoms with Crippen LogP contribution in [0, 0.1) is 5.82 Å². The smallest absolute Gasteiger partial charge is 0.200 e. The van der Waals surface area contributed by atoms with Gasteiger partial charge in [0.2, 0.25) is 0 Å². The SMILES string of the molecule is C=Cc1occ(-c2ccc(F)cc2)c(=O)c1/C=C(\C)CC. The summed E-state index contributed by atoms with van der Waals surface area (Å²) in [5.41, 5.74) is 2.45. The monoisotopic (exact) mass is 284 g/mol. The van der Waals surface area contributed by atoms with Crippen molar-refractivity contribution in [2.24, 2.45) is 0 Å². The molecular formula is C18H17FO2. The van der Waals surface area contributed by atoms with Crippen molar-refractivity contribution >= 4 is 12.2 Å². The molecule has 3 heteroatoms. The van der Waals surface area contributed by atoms with Gasteiger partial charge in [0, 0.05) is 0 Å². The van der Waals surface area contributed by atoms with E-state index in [0.29, 0.717) is 22.5 Å². The van der Waals surface area contributed by atoms with Crippen LogP contribution < -0.4 is 5.43 Å². The van der Waals surface area contributed by atoms with Crippen LogP contribution in [0.3, 0.4) is 0 Å². The van der Waals surface area contributed by atoms with Crippen LogP contribution in [0.25, 0.3) is 23.3 Å². The molecule has 0 radical (unpaired) electrons. The van der Waals surface area contributed by atoms with Gasteiger partial charge in [-0.1, -0.05) is 31.2 Å². The van der Waals surface area contributed by atoms with Crippen LogP contribution in [0.1, 0.15) is 31.6 Å². The Morgan fingerprint density at radius 1 is 1.33 bits per heavy atom. The predicted molar refractivity (Wildman–Crippen MR) is 84.4 cm³/mol. The van der Waals surface area contributed by atoms with Crippen molar-refractivity contribution < 1.29 is 8.81 Å². The fourth-order valence-electron chi connectivity index (χ4n) is 1.97. The molecule has 0 aliphatic carbocycles. The molecule has 108 valence electrons. The van der Waals surface area contributed by atoms with Gasteiger partial charge in [0.1, 0.15) is 17.8 Å². The highest BCUT2D eigenvalue weighted by Gasteiger charge is 2.12. The Hall–Kier alpha value is -2.42. The maximum absolute atomic E-state index is 13.0. The number of rotatable bonds is 4. The third-order valence-corrected chi connectivity index (χ3v) is 3.35. The highest BCUT2D eigenvalue weighted by atomic mass is 19.1. The van der Waals surface area contributed by atoms with Crippen LogP contribution in [0.15, 0.2) is 51.9 Å². The topological polar surface area (TPSA) is 30.2 Å². The zero-order chi connectivity index (χ0) is 15.4. The molecule has 2 aromatic rings. The summed E-state index contributed by atoms with van der Waals surface area (Å²) in [6.45, 7) is 7.64. The minimum absolute atomic E-state index is 0.143. The van der Waals surface area contributed by atoms with E-state index in [-0.39, 0.29) is 11.2 Å². The van der Waals surface area contributed by atoms with Crippen molar-refractivity contribution in [3.63, 3.8) is 0 Å². The molecule has 0 saturated carbocycles. The number of halogens is 1. The van der Waals surface area contributed by atoms with E-state index in [1.807, 2.05) is 19.9 Å². The lowest BCUT2D eigenvalue weighted by atomic mass is 10.0. The second-order valence-electron chi connectivity index (χ2n) is 4.81. The third-order valence-electron chi connectivity index (χ3n) is 3.35. The summed E-state index contributed by atoms with van der Waals surface area (Å²) in [6, 6.07) is 5.77. The summed E-state index contributed by atoms with van der Waals surface area (Å²) in [7, 11) is 0. The molecule has 0 bridgehead atoms. The number of hydrogen-bond donors (Lipinski definition) is 0. The Bertz CT molecular complexity index is 737. The standard InChI is InChI=1S/C18H17FO2/c1-4-12(3)10-15-17(5-2)21-11-16(18(15)20)13-6-8-14(19)9-7-13/h5-11H,2,4H2,1,3H3/b12-10+. The average molecular weight is 284 g/mol. The fraction of sp³-hybridized carbons (Fsp3) is 0.167. The first-order chi connectivity index (χ1) is 10.1. The molecule has 0 aliphatic heterocycles. The van der Waals surface area contributed by atoms with E-state index < -0.39 is 0 Å². The molecule has 0 aliphatic rings. The van der Waals surface area contributed by atoms with E-state index in [0.717, 1.165) is 12.0 Å². The molecule has 1 aromatic heterocycles. The number of hydrogen-bond acceptors (Lipinski definition) is 2. The van der Waals surface area contributed by atoms with Crippen molar-refractivity contribution in [1.29, 1.82) is 0 Å². The Labute approximate surface area is 123 Å². The molecule has 21 heavy (non-hydrogen) atoms. The average Bonchev–Trinajstić information content (AvgIpc) is 2.50. The van der Waals surface area contributed by atoms with Gasteiger partial charge in [0.15, 0.2) is 5.43 Å². The van der Waals surface area contributed by atoms with Crippen molar-refractivity contribution in [2.75, 3.05) is 0 Å². The van der Waals surface area contributed by atoms with Crippen LogP contribution in [-0.2, 0) is 0 Å². The molecule has 0 atom stereocenters. The second-order valence-corrected chi connectivity index (χ2v) is 4.81. The molecule has 2 nitrogen and oxygen atoms in total. The van der Waals surface area contributed by atoms with Gasteiger partial charge in [-0.2, -0.15) is 0 Å². The van der Waals surface area contributed by atoms with Gasteiger partial charge < -0.3 is 4.42 Å². The highest BCUT2D eigenvalue weighted by Crippen LogP contribution is 2.20. The third kappa shape index (κ3) is 3.19. The first kappa shape index (κ1) is 15.0. The maximum Gasteiger partial charge on any atom is 0.200 e. The lowest BCUT2D eigenvalue weighted by Crippen LogP contribution is -2.10. The molecule has 0 spiro atoms. The van der Waals surface area contributed by atoms with Crippen molar-refractivity contribution in [3.8, 4) is 11.1 Å². The highest BCUT2D eigenvalue weighted by molar-refractivity contribution is 5.70. The number of allylic oxidation sites excluding steroid dienone is 1. The molecule has 0 N–H and O–H groups in total. The van der Waals surface area contributed by atoms with E-state index in [2.05, 4.69) is 6.58 Å². The molecule has 0 fully saturated rings. The molecule has 0 amide bonds. The van der Waals surface area contributed by atoms with Gasteiger partial charge in [0.05, 0.1) is 11.1 Å². The van der Waals surface area contributed by atoms with Crippen LogP contribution in [0.4, 0.5) is 4.39 Å². The van der Waals surface area contributed by atoms with Crippen LogP contribution in [0.5, 0.6) is 0 Å². The van der Waals surface area contributed by atoms with E-state index in [1.165, 1.54) is 24.5 Å². The Morgan fingerprint density at radius 2 is 2.00 bits per heavy atom. The maximum atomic E-state index is 13.0. The summed E-state index contributed by atoms with van der Waals surface area (Å²) < 4.78 is 18.5. The van der Waals surface area contributed by atoms with Gasteiger partial charge >= 0.3 is 0 Å². The predicted octanol–water partition coefficient (Wildman–Crippen LogP) is 4.90.